The van der Waals surface area contributed by atoms with E-state index in [2.05, 4.69) is 6.07 Å². The number of likely N-dealkylation sites (N-methyl/N-ethyl adjacent to an activating group) is 1. The van der Waals surface area contributed by atoms with Gasteiger partial charge in [0.2, 0.25) is 5.91 Å². The van der Waals surface area contributed by atoms with Crippen LogP contribution in [0.4, 0.5) is 5.69 Å². The molecule has 0 atom stereocenters. The molecule has 8 heteroatoms. The molecule has 0 saturated carbocycles. The largest absolute Gasteiger partial charge is 0.319 e. The Morgan fingerprint density at radius 3 is 2.53 bits per heavy atom. The fraction of sp³-hybridized carbons (Fsp3) is 0.269. The minimum atomic E-state index is -2.29. The summed E-state index contributed by atoms with van der Waals surface area (Å²) in [6, 6.07) is 19.9. The second-order valence-electron chi connectivity index (χ2n) is 9.25. The molecule has 2 aromatic heterocycles. The van der Waals surface area contributed by atoms with Crippen LogP contribution in [0.3, 0.4) is 0 Å². The molecular weight excluding hydrogens is 445 g/mol. The molecule has 7 nitrogen and oxygen atoms in total. The maximum Gasteiger partial charge on any atom is 0.241 e. The van der Waals surface area contributed by atoms with Crippen molar-refractivity contribution in [2.75, 3.05) is 44.9 Å². The predicted octanol–water partition coefficient (Wildman–Crippen LogP) is 3.51. The summed E-state index contributed by atoms with van der Waals surface area (Å²) in [5, 5.41) is 5.56. The van der Waals surface area contributed by atoms with Crippen molar-refractivity contribution < 1.29 is 9.36 Å². The maximum atomic E-state index is 12.5. The van der Waals surface area contributed by atoms with E-state index in [9.17, 15) is 9.36 Å². The average molecular weight is 474 g/mol. The van der Waals surface area contributed by atoms with Gasteiger partial charge in [-0.15, -0.1) is 0 Å². The van der Waals surface area contributed by atoms with E-state index >= 15 is 0 Å². The second-order valence-corrected chi connectivity index (χ2v) is 12.5. The normalized spacial score (nSPS) is 15.3. The molecule has 0 radical (unpaired) electrons. The molecule has 3 heterocycles. The van der Waals surface area contributed by atoms with Gasteiger partial charge in [0.05, 0.1) is 6.54 Å². The molecule has 1 amide bonds. The van der Waals surface area contributed by atoms with E-state index in [1.165, 1.54) is 0 Å². The molecule has 0 spiro atoms. The van der Waals surface area contributed by atoms with E-state index < -0.39 is 7.14 Å². The number of aromatic nitrogens is 3. The van der Waals surface area contributed by atoms with Crippen molar-refractivity contribution >= 4 is 29.7 Å². The third kappa shape index (κ3) is 4.54. The Labute approximate surface area is 199 Å². The molecule has 174 valence electrons. The Morgan fingerprint density at radius 1 is 1.00 bits per heavy atom. The molecule has 2 aromatic carbocycles. The van der Waals surface area contributed by atoms with Gasteiger partial charge >= 0.3 is 0 Å². The fourth-order valence-corrected chi connectivity index (χ4v) is 5.20. The Balaban J connectivity index is 1.42. The first-order valence-electron chi connectivity index (χ1n) is 11.4. The SMILES string of the molecule is CN1CCN(c2cccc(Cc3nc4c(-c5ccc(P(C)(C)=O)cc5)cccn4n3)c2)C(=O)C1. The van der Waals surface area contributed by atoms with Crippen molar-refractivity contribution in [3.63, 3.8) is 0 Å². The molecule has 1 fully saturated rings. The standard InChI is InChI=1S/C26H28N5O2P/c1-29-14-15-30(25(32)18-29)21-7-4-6-19(16-21)17-24-27-26-23(8-5-13-31(26)28-24)20-9-11-22(12-10-20)34(2,3)33/h4-13,16H,14-15,17-18H2,1-3H3. The van der Waals surface area contributed by atoms with Gasteiger partial charge in [-0.25, -0.2) is 9.50 Å². The number of fused-ring (bicyclic) bond motifs is 1. The summed E-state index contributed by atoms with van der Waals surface area (Å²) in [6.07, 6.45) is 2.47. The van der Waals surface area contributed by atoms with Crippen LogP contribution in [0.2, 0.25) is 0 Å². The number of anilines is 1. The number of amides is 1. The molecule has 4 aromatic rings. The van der Waals surface area contributed by atoms with Crippen molar-refractivity contribution in [3.8, 4) is 11.1 Å². The van der Waals surface area contributed by atoms with Crippen LogP contribution in [0.15, 0.2) is 66.9 Å². The van der Waals surface area contributed by atoms with Gasteiger partial charge in [-0.05, 0) is 55.8 Å². The van der Waals surface area contributed by atoms with Gasteiger partial charge < -0.3 is 9.46 Å². The molecule has 1 aliphatic rings. The summed E-state index contributed by atoms with van der Waals surface area (Å²) >= 11 is 0. The predicted molar refractivity (Wildman–Crippen MR) is 137 cm³/mol. The zero-order chi connectivity index (χ0) is 23.9. The Kier molecular flexibility index (Phi) is 5.84. The van der Waals surface area contributed by atoms with Gasteiger partial charge in [-0.2, -0.15) is 5.10 Å². The van der Waals surface area contributed by atoms with Crippen LogP contribution in [0.1, 0.15) is 11.4 Å². The molecule has 1 aliphatic heterocycles. The van der Waals surface area contributed by atoms with Gasteiger partial charge in [-0.1, -0.05) is 36.4 Å². The number of benzene rings is 2. The van der Waals surface area contributed by atoms with Gasteiger partial charge in [-0.3, -0.25) is 9.69 Å². The zero-order valence-electron chi connectivity index (χ0n) is 19.7. The first-order chi connectivity index (χ1) is 16.3. The van der Waals surface area contributed by atoms with E-state index in [0.29, 0.717) is 19.5 Å². The van der Waals surface area contributed by atoms with Gasteiger partial charge in [0.25, 0.3) is 0 Å². The second kappa shape index (κ2) is 8.82. The lowest BCUT2D eigenvalue weighted by atomic mass is 10.1. The Morgan fingerprint density at radius 2 is 1.79 bits per heavy atom. The van der Waals surface area contributed by atoms with Crippen molar-refractivity contribution in [2.24, 2.45) is 0 Å². The highest BCUT2D eigenvalue weighted by atomic mass is 31.2. The maximum absolute atomic E-state index is 12.5. The number of piperazine rings is 1. The van der Waals surface area contributed by atoms with Crippen LogP contribution >= 0.6 is 7.14 Å². The van der Waals surface area contributed by atoms with Crippen LogP contribution < -0.4 is 10.2 Å². The van der Waals surface area contributed by atoms with Crippen LogP contribution in [-0.2, 0) is 15.8 Å². The minimum absolute atomic E-state index is 0.120. The smallest absolute Gasteiger partial charge is 0.241 e. The number of carbonyl (C=O) groups is 1. The molecule has 0 N–H and O–H groups in total. The highest BCUT2D eigenvalue weighted by Crippen LogP contribution is 2.35. The Bertz CT molecular complexity index is 1410. The van der Waals surface area contributed by atoms with Crippen molar-refractivity contribution in [1.82, 2.24) is 19.5 Å². The summed E-state index contributed by atoms with van der Waals surface area (Å²) in [6.45, 7) is 5.56. The summed E-state index contributed by atoms with van der Waals surface area (Å²) in [5.74, 6) is 0.840. The van der Waals surface area contributed by atoms with Crippen molar-refractivity contribution in [3.05, 3.63) is 78.2 Å². The number of nitrogens with zero attached hydrogens (tertiary/aromatic N) is 5. The first-order valence-corrected chi connectivity index (χ1v) is 14.0. The topological polar surface area (TPSA) is 70.8 Å². The van der Waals surface area contributed by atoms with Crippen LogP contribution in [-0.4, -0.2) is 65.4 Å². The fourth-order valence-electron chi connectivity index (χ4n) is 4.33. The monoisotopic (exact) mass is 473 g/mol. The summed E-state index contributed by atoms with van der Waals surface area (Å²) in [4.78, 5) is 21.2. The van der Waals surface area contributed by atoms with Crippen molar-refractivity contribution in [1.29, 1.82) is 0 Å². The number of hydrogen-bond donors (Lipinski definition) is 0. The molecule has 34 heavy (non-hydrogen) atoms. The highest BCUT2D eigenvalue weighted by molar-refractivity contribution is 7.70. The number of pyridine rings is 1. The molecule has 1 saturated heterocycles. The molecular formula is C26H28N5O2P. The Hall–Kier alpha value is -3.28. The molecule has 0 unspecified atom stereocenters. The molecule has 0 bridgehead atoms. The summed E-state index contributed by atoms with van der Waals surface area (Å²) in [5.41, 5.74) is 4.76. The minimum Gasteiger partial charge on any atom is -0.319 e. The first kappa shape index (κ1) is 22.5. The quantitative estimate of drug-likeness (QED) is 0.415. The lowest BCUT2D eigenvalue weighted by Gasteiger charge is -2.32. The summed E-state index contributed by atoms with van der Waals surface area (Å²) in [7, 11) is -0.326. The number of carbonyl (C=O) groups excluding carboxylic acids is 1. The lowest BCUT2D eigenvalue weighted by molar-refractivity contribution is -0.120. The van der Waals surface area contributed by atoms with Crippen LogP contribution in [0.5, 0.6) is 0 Å². The van der Waals surface area contributed by atoms with E-state index in [1.54, 1.807) is 17.8 Å². The van der Waals surface area contributed by atoms with Crippen LogP contribution in [0, 0.1) is 0 Å². The zero-order valence-corrected chi connectivity index (χ0v) is 20.6. The van der Waals surface area contributed by atoms with E-state index in [1.807, 2.05) is 77.6 Å². The van der Waals surface area contributed by atoms with Gasteiger partial charge in [0, 0.05) is 42.3 Å². The van der Waals surface area contributed by atoms with E-state index in [-0.39, 0.29) is 5.91 Å². The van der Waals surface area contributed by atoms with Gasteiger partial charge in [0.1, 0.15) is 7.14 Å². The van der Waals surface area contributed by atoms with E-state index in [4.69, 9.17) is 10.1 Å². The number of hydrogen-bond acceptors (Lipinski definition) is 5. The van der Waals surface area contributed by atoms with E-state index in [0.717, 1.165) is 45.7 Å². The number of rotatable bonds is 5. The third-order valence-corrected chi connectivity index (χ3v) is 7.74. The molecule has 0 aliphatic carbocycles. The van der Waals surface area contributed by atoms with Crippen molar-refractivity contribution in [2.45, 2.75) is 6.42 Å². The third-order valence-electron chi connectivity index (χ3n) is 6.20. The summed E-state index contributed by atoms with van der Waals surface area (Å²) < 4.78 is 14.2. The molecule has 5 rings (SSSR count). The van der Waals surface area contributed by atoms with Crippen LogP contribution in [0.25, 0.3) is 16.8 Å². The average Bonchev–Trinajstić information content (AvgIpc) is 3.21. The van der Waals surface area contributed by atoms with Gasteiger partial charge in [0.15, 0.2) is 11.5 Å². The highest BCUT2D eigenvalue weighted by Gasteiger charge is 2.23. The lowest BCUT2D eigenvalue weighted by Crippen LogP contribution is -2.48.